The smallest absolute Gasteiger partial charge is 0.227 e. The van der Waals surface area contributed by atoms with Crippen LogP contribution in [-0.2, 0) is 13.0 Å². The molecule has 1 aliphatic rings. The maximum absolute atomic E-state index is 9.04. The van der Waals surface area contributed by atoms with Gasteiger partial charge in [-0.2, -0.15) is 5.26 Å². The van der Waals surface area contributed by atoms with Gasteiger partial charge in [0.1, 0.15) is 11.8 Å². The molecule has 0 fully saturated rings. The number of aromatic nitrogens is 2. The molecule has 0 bridgehead atoms. The molecule has 2 heterocycles. The number of rotatable bonds is 1. The summed E-state index contributed by atoms with van der Waals surface area (Å²) in [7, 11) is 0. The van der Waals surface area contributed by atoms with Crippen molar-refractivity contribution >= 4 is 5.95 Å². The normalized spacial score (nSPS) is 14.3. The highest BCUT2D eigenvalue weighted by atomic mass is 15.2. The van der Waals surface area contributed by atoms with Crippen LogP contribution in [0.1, 0.15) is 28.9 Å². The number of benzene rings is 1. The molecule has 0 saturated heterocycles. The molecule has 0 aliphatic carbocycles. The zero-order valence-corrected chi connectivity index (χ0v) is 11.5. The number of hydrogen-bond donors (Lipinski definition) is 0. The molecule has 0 saturated carbocycles. The van der Waals surface area contributed by atoms with Crippen LogP contribution in [0.5, 0.6) is 0 Å². The minimum atomic E-state index is 0.435. The lowest BCUT2D eigenvalue weighted by molar-refractivity contribution is 0.737. The molecule has 4 heteroatoms. The van der Waals surface area contributed by atoms with E-state index >= 15 is 0 Å². The molecule has 1 aromatic carbocycles. The summed E-state index contributed by atoms with van der Waals surface area (Å²) in [6.07, 6.45) is 2.17. The Morgan fingerprint density at radius 1 is 1.20 bits per heavy atom. The highest BCUT2D eigenvalue weighted by molar-refractivity contribution is 5.40. The van der Waals surface area contributed by atoms with Crippen LogP contribution >= 0.6 is 0 Å². The summed E-state index contributed by atoms with van der Waals surface area (Å²) in [6, 6.07) is 12.3. The van der Waals surface area contributed by atoms with Gasteiger partial charge < -0.3 is 4.90 Å². The monoisotopic (exact) mass is 264 g/mol. The number of aryl methyl sites for hydroxylation is 2. The lowest BCUT2D eigenvalue weighted by atomic mass is 10.0. The van der Waals surface area contributed by atoms with Crippen molar-refractivity contribution in [3.8, 4) is 6.07 Å². The maximum Gasteiger partial charge on any atom is 0.227 e. The summed E-state index contributed by atoms with van der Waals surface area (Å²) in [5.74, 6) is 0.665. The Bertz CT molecular complexity index is 672. The zero-order chi connectivity index (χ0) is 13.9. The lowest BCUT2D eigenvalue weighted by Crippen LogP contribution is -2.25. The van der Waals surface area contributed by atoms with Crippen molar-refractivity contribution in [1.82, 2.24) is 9.97 Å². The van der Waals surface area contributed by atoms with E-state index in [0.717, 1.165) is 31.6 Å². The molecule has 2 aromatic rings. The summed E-state index contributed by atoms with van der Waals surface area (Å²) in [5.41, 5.74) is 4.01. The predicted octanol–water partition coefficient (Wildman–Crippen LogP) is 2.61. The summed E-state index contributed by atoms with van der Waals surface area (Å²) in [6.45, 7) is 3.63. The van der Waals surface area contributed by atoms with Gasteiger partial charge in [0, 0.05) is 18.8 Å². The minimum Gasteiger partial charge on any atom is -0.336 e. The summed E-state index contributed by atoms with van der Waals surface area (Å²) in [5, 5.41) is 9.04. The van der Waals surface area contributed by atoms with E-state index in [-0.39, 0.29) is 0 Å². The van der Waals surface area contributed by atoms with E-state index in [1.54, 1.807) is 6.07 Å². The Kier molecular flexibility index (Phi) is 3.34. The second-order valence-corrected chi connectivity index (χ2v) is 5.10. The SMILES string of the molecule is Cc1cc(C#N)nc(N2CCCc3ccccc3C2)n1. The van der Waals surface area contributed by atoms with Crippen LogP contribution in [0, 0.1) is 18.3 Å². The number of fused-ring (bicyclic) bond motifs is 1. The first kappa shape index (κ1) is 12.6. The Hall–Kier alpha value is -2.41. The summed E-state index contributed by atoms with van der Waals surface area (Å²) < 4.78 is 0. The first-order valence-electron chi connectivity index (χ1n) is 6.84. The average Bonchev–Trinajstić information content (AvgIpc) is 2.68. The van der Waals surface area contributed by atoms with Gasteiger partial charge in [0.2, 0.25) is 5.95 Å². The minimum absolute atomic E-state index is 0.435. The van der Waals surface area contributed by atoms with Gasteiger partial charge in [-0.05, 0) is 37.0 Å². The van der Waals surface area contributed by atoms with Crippen molar-refractivity contribution in [3.05, 3.63) is 52.8 Å². The second-order valence-electron chi connectivity index (χ2n) is 5.10. The molecule has 3 rings (SSSR count). The third kappa shape index (κ3) is 2.48. The average molecular weight is 264 g/mol. The van der Waals surface area contributed by atoms with Gasteiger partial charge in [-0.15, -0.1) is 0 Å². The standard InChI is InChI=1S/C16H16N4/c1-12-9-15(10-17)19-16(18-12)20-8-4-7-13-5-2-3-6-14(13)11-20/h2-3,5-6,9H,4,7-8,11H2,1H3. The highest BCUT2D eigenvalue weighted by Crippen LogP contribution is 2.21. The Morgan fingerprint density at radius 2 is 2.00 bits per heavy atom. The van der Waals surface area contributed by atoms with Crippen molar-refractivity contribution in [3.63, 3.8) is 0 Å². The van der Waals surface area contributed by atoms with Gasteiger partial charge in [-0.1, -0.05) is 24.3 Å². The number of nitrogens with zero attached hydrogens (tertiary/aromatic N) is 4. The quantitative estimate of drug-likeness (QED) is 0.794. The molecule has 1 aromatic heterocycles. The van der Waals surface area contributed by atoms with Crippen molar-refractivity contribution in [2.75, 3.05) is 11.4 Å². The van der Waals surface area contributed by atoms with E-state index in [4.69, 9.17) is 5.26 Å². The van der Waals surface area contributed by atoms with Crippen molar-refractivity contribution in [2.45, 2.75) is 26.3 Å². The molecule has 20 heavy (non-hydrogen) atoms. The van der Waals surface area contributed by atoms with E-state index < -0.39 is 0 Å². The first-order chi connectivity index (χ1) is 9.76. The molecule has 0 amide bonds. The molecule has 0 spiro atoms. The Balaban J connectivity index is 1.95. The van der Waals surface area contributed by atoms with Gasteiger partial charge in [-0.25, -0.2) is 9.97 Å². The van der Waals surface area contributed by atoms with Crippen LogP contribution in [0.3, 0.4) is 0 Å². The van der Waals surface area contributed by atoms with Gasteiger partial charge in [0.05, 0.1) is 0 Å². The van der Waals surface area contributed by atoms with E-state index in [2.05, 4.69) is 45.2 Å². The van der Waals surface area contributed by atoms with Crippen LogP contribution in [0.15, 0.2) is 30.3 Å². The number of nitriles is 1. The Morgan fingerprint density at radius 3 is 2.80 bits per heavy atom. The number of hydrogen-bond acceptors (Lipinski definition) is 4. The largest absolute Gasteiger partial charge is 0.336 e. The fraction of sp³-hybridized carbons (Fsp3) is 0.312. The maximum atomic E-state index is 9.04. The highest BCUT2D eigenvalue weighted by Gasteiger charge is 2.17. The molecule has 0 N–H and O–H groups in total. The molecular formula is C16H16N4. The van der Waals surface area contributed by atoms with Crippen LogP contribution < -0.4 is 4.90 Å². The molecular weight excluding hydrogens is 248 g/mol. The van der Waals surface area contributed by atoms with Crippen molar-refractivity contribution in [2.24, 2.45) is 0 Å². The van der Waals surface area contributed by atoms with Crippen molar-refractivity contribution in [1.29, 1.82) is 5.26 Å². The third-order valence-electron chi connectivity index (χ3n) is 3.59. The number of anilines is 1. The summed E-state index contributed by atoms with van der Waals surface area (Å²) >= 11 is 0. The fourth-order valence-corrected chi connectivity index (χ4v) is 2.62. The molecule has 1 aliphatic heterocycles. The van der Waals surface area contributed by atoms with Gasteiger partial charge in [0.15, 0.2) is 0 Å². The Labute approximate surface area is 118 Å². The molecule has 4 nitrogen and oxygen atoms in total. The predicted molar refractivity (Wildman–Crippen MR) is 77.3 cm³/mol. The van der Waals surface area contributed by atoms with E-state index in [0.29, 0.717) is 11.6 Å². The van der Waals surface area contributed by atoms with Crippen LogP contribution in [0.4, 0.5) is 5.95 Å². The fourth-order valence-electron chi connectivity index (χ4n) is 2.62. The van der Waals surface area contributed by atoms with Crippen LogP contribution in [0.25, 0.3) is 0 Å². The van der Waals surface area contributed by atoms with E-state index in [1.165, 1.54) is 11.1 Å². The van der Waals surface area contributed by atoms with E-state index in [9.17, 15) is 0 Å². The van der Waals surface area contributed by atoms with Gasteiger partial charge in [-0.3, -0.25) is 0 Å². The van der Waals surface area contributed by atoms with E-state index in [1.807, 2.05) is 6.92 Å². The third-order valence-corrected chi connectivity index (χ3v) is 3.59. The topological polar surface area (TPSA) is 52.8 Å². The lowest BCUT2D eigenvalue weighted by Gasteiger charge is -2.21. The van der Waals surface area contributed by atoms with Gasteiger partial charge in [0.25, 0.3) is 0 Å². The molecule has 0 radical (unpaired) electrons. The zero-order valence-electron chi connectivity index (χ0n) is 11.5. The van der Waals surface area contributed by atoms with Crippen LogP contribution in [0.2, 0.25) is 0 Å². The molecule has 0 atom stereocenters. The second kappa shape index (κ2) is 5.30. The molecule has 100 valence electrons. The van der Waals surface area contributed by atoms with Crippen LogP contribution in [-0.4, -0.2) is 16.5 Å². The van der Waals surface area contributed by atoms with Crippen molar-refractivity contribution < 1.29 is 0 Å². The first-order valence-corrected chi connectivity index (χ1v) is 6.84. The summed E-state index contributed by atoms with van der Waals surface area (Å²) in [4.78, 5) is 11.0. The molecule has 0 unspecified atom stereocenters. The van der Waals surface area contributed by atoms with Gasteiger partial charge >= 0.3 is 0 Å².